The summed E-state index contributed by atoms with van der Waals surface area (Å²) in [7, 11) is 0. The van der Waals surface area contributed by atoms with Crippen LogP contribution in [-0.4, -0.2) is 6.29 Å². The zero-order valence-electron chi connectivity index (χ0n) is 17.2. The summed E-state index contributed by atoms with van der Waals surface area (Å²) in [5.74, 6) is 0. The molecule has 0 spiro atoms. The summed E-state index contributed by atoms with van der Waals surface area (Å²) < 4.78 is 0. The minimum absolute atomic E-state index is 0.667. The quantitative estimate of drug-likeness (QED) is 0.349. The number of carbonyl (C=O) groups is 1. The van der Waals surface area contributed by atoms with Crippen molar-refractivity contribution in [2.75, 3.05) is 10.2 Å². The van der Waals surface area contributed by atoms with E-state index >= 15 is 0 Å². The first kappa shape index (κ1) is 19.5. The minimum Gasteiger partial charge on any atom is -0.356 e. The lowest BCUT2D eigenvalue weighted by atomic mass is 10.1. The van der Waals surface area contributed by atoms with Crippen LogP contribution >= 0.6 is 0 Å². The van der Waals surface area contributed by atoms with E-state index in [1.807, 2.05) is 24.3 Å². The number of hydrogen-bond acceptors (Lipinski definition) is 3. The van der Waals surface area contributed by atoms with Crippen molar-refractivity contribution in [1.29, 1.82) is 0 Å². The molecule has 3 nitrogen and oxygen atoms in total. The molecule has 148 valence electrons. The summed E-state index contributed by atoms with van der Waals surface area (Å²) in [5.41, 5.74) is 8.34. The Morgan fingerprint density at radius 3 is 1.40 bits per heavy atom. The summed E-state index contributed by atoms with van der Waals surface area (Å²) in [4.78, 5) is 13.2. The molecule has 30 heavy (non-hydrogen) atoms. The van der Waals surface area contributed by atoms with E-state index in [9.17, 15) is 4.79 Å². The molecule has 0 aromatic heterocycles. The molecule has 0 amide bonds. The number of benzene rings is 4. The molecule has 0 aliphatic rings. The number of rotatable bonds is 6. The smallest absolute Gasteiger partial charge is 0.150 e. The zero-order chi connectivity index (χ0) is 20.9. The maximum atomic E-state index is 11.1. The molecule has 1 N–H and O–H groups in total. The molecule has 0 aliphatic carbocycles. The molecule has 0 bridgehead atoms. The normalized spacial score (nSPS) is 10.5. The van der Waals surface area contributed by atoms with Crippen molar-refractivity contribution in [3.63, 3.8) is 0 Å². The van der Waals surface area contributed by atoms with Crippen LogP contribution in [-0.2, 0) is 0 Å². The Morgan fingerprint density at radius 2 is 0.933 bits per heavy atom. The van der Waals surface area contributed by atoms with E-state index in [2.05, 4.69) is 96.9 Å². The number of nitrogens with zero attached hydrogens (tertiary/aromatic N) is 1. The fraction of sp³-hybridized carbons (Fsp3) is 0.0741. The van der Waals surface area contributed by atoms with Gasteiger partial charge in [-0.05, 0) is 86.6 Å². The Labute approximate surface area is 177 Å². The molecule has 4 aromatic rings. The van der Waals surface area contributed by atoms with Crippen LogP contribution in [0.3, 0.4) is 0 Å². The second kappa shape index (κ2) is 8.66. The number of hydrogen-bond donors (Lipinski definition) is 1. The first-order chi connectivity index (χ1) is 14.6. The van der Waals surface area contributed by atoms with Crippen molar-refractivity contribution in [2.24, 2.45) is 0 Å². The molecular weight excluding hydrogens is 368 g/mol. The Hall–Kier alpha value is -3.85. The van der Waals surface area contributed by atoms with E-state index in [4.69, 9.17) is 0 Å². The average molecular weight is 393 g/mol. The standard InChI is InChI=1S/C27H24N2O/c1-20-3-9-23(10-4-20)28-24-11-17-27(18-12-24)29(25-13-5-21(2)6-14-25)26-15-7-22(19-30)8-16-26/h3-19,28H,1-2H3. The van der Waals surface area contributed by atoms with Gasteiger partial charge in [-0.2, -0.15) is 0 Å². The van der Waals surface area contributed by atoms with Gasteiger partial charge in [0.15, 0.2) is 0 Å². The number of aldehydes is 1. The molecule has 0 saturated heterocycles. The number of carbonyl (C=O) groups excluding carboxylic acids is 1. The SMILES string of the molecule is Cc1ccc(Nc2ccc(N(c3ccc(C)cc3)c3ccc(C=O)cc3)cc2)cc1. The summed E-state index contributed by atoms with van der Waals surface area (Å²) in [6.07, 6.45) is 0.867. The predicted molar refractivity (Wildman–Crippen MR) is 126 cm³/mol. The highest BCUT2D eigenvalue weighted by molar-refractivity contribution is 5.81. The second-order valence-electron chi connectivity index (χ2n) is 7.42. The molecule has 3 heteroatoms. The number of nitrogens with one attached hydrogen (secondary N) is 1. The van der Waals surface area contributed by atoms with Crippen molar-refractivity contribution in [2.45, 2.75) is 13.8 Å². The lowest BCUT2D eigenvalue weighted by Crippen LogP contribution is -2.10. The fourth-order valence-electron chi connectivity index (χ4n) is 3.34. The first-order valence-corrected chi connectivity index (χ1v) is 9.98. The highest BCUT2D eigenvalue weighted by Gasteiger charge is 2.12. The van der Waals surface area contributed by atoms with E-state index in [-0.39, 0.29) is 0 Å². The molecule has 0 fully saturated rings. The van der Waals surface area contributed by atoms with Crippen LogP contribution in [0.2, 0.25) is 0 Å². The summed E-state index contributed by atoms with van der Waals surface area (Å²) in [5, 5.41) is 3.44. The lowest BCUT2D eigenvalue weighted by molar-refractivity contribution is 0.112. The fourth-order valence-corrected chi connectivity index (χ4v) is 3.34. The van der Waals surface area contributed by atoms with Gasteiger partial charge in [-0.1, -0.05) is 35.4 Å². The van der Waals surface area contributed by atoms with Gasteiger partial charge in [0.05, 0.1) is 0 Å². The van der Waals surface area contributed by atoms with Crippen LogP contribution in [0.5, 0.6) is 0 Å². The monoisotopic (exact) mass is 392 g/mol. The van der Waals surface area contributed by atoms with Gasteiger partial charge in [-0.25, -0.2) is 0 Å². The summed E-state index contributed by atoms with van der Waals surface area (Å²) >= 11 is 0. The van der Waals surface area contributed by atoms with Gasteiger partial charge in [0.1, 0.15) is 6.29 Å². The van der Waals surface area contributed by atoms with Crippen LogP contribution in [0.25, 0.3) is 0 Å². The first-order valence-electron chi connectivity index (χ1n) is 9.98. The number of aryl methyl sites for hydroxylation is 2. The molecule has 0 radical (unpaired) electrons. The highest BCUT2D eigenvalue weighted by atomic mass is 16.1. The van der Waals surface area contributed by atoms with E-state index < -0.39 is 0 Å². The Kier molecular flexibility index (Phi) is 5.62. The Morgan fingerprint density at radius 1 is 0.567 bits per heavy atom. The largest absolute Gasteiger partial charge is 0.356 e. The van der Waals surface area contributed by atoms with Gasteiger partial charge < -0.3 is 10.2 Å². The maximum absolute atomic E-state index is 11.1. The van der Waals surface area contributed by atoms with Gasteiger partial charge in [-0.3, -0.25) is 4.79 Å². The molecule has 0 atom stereocenters. The Bertz CT molecular complexity index is 1110. The third kappa shape index (κ3) is 4.41. The van der Waals surface area contributed by atoms with Crippen LogP contribution in [0, 0.1) is 13.8 Å². The molecule has 0 unspecified atom stereocenters. The minimum atomic E-state index is 0.667. The lowest BCUT2D eigenvalue weighted by Gasteiger charge is -2.26. The summed E-state index contributed by atoms with van der Waals surface area (Å²) in [6, 6.07) is 32.8. The van der Waals surface area contributed by atoms with Gasteiger partial charge in [0.25, 0.3) is 0 Å². The predicted octanol–water partition coefficient (Wildman–Crippen LogP) is 7.33. The van der Waals surface area contributed by atoms with Crippen molar-refractivity contribution in [3.05, 3.63) is 114 Å². The highest BCUT2D eigenvalue weighted by Crippen LogP contribution is 2.35. The third-order valence-electron chi connectivity index (χ3n) is 5.05. The molecular formula is C27H24N2O. The second-order valence-corrected chi connectivity index (χ2v) is 7.42. The van der Waals surface area contributed by atoms with Crippen LogP contribution in [0.4, 0.5) is 28.4 Å². The van der Waals surface area contributed by atoms with Crippen LogP contribution in [0.15, 0.2) is 97.1 Å². The van der Waals surface area contributed by atoms with Crippen molar-refractivity contribution in [1.82, 2.24) is 0 Å². The van der Waals surface area contributed by atoms with Gasteiger partial charge >= 0.3 is 0 Å². The van der Waals surface area contributed by atoms with Crippen molar-refractivity contribution >= 4 is 34.7 Å². The van der Waals surface area contributed by atoms with Crippen molar-refractivity contribution in [3.8, 4) is 0 Å². The van der Waals surface area contributed by atoms with Gasteiger partial charge in [-0.15, -0.1) is 0 Å². The molecule has 4 aromatic carbocycles. The summed E-state index contributed by atoms with van der Waals surface area (Å²) in [6.45, 7) is 4.17. The van der Waals surface area contributed by atoms with Crippen molar-refractivity contribution < 1.29 is 4.79 Å². The molecule has 4 rings (SSSR count). The van der Waals surface area contributed by atoms with Gasteiger partial charge in [0, 0.05) is 34.0 Å². The molecule has 0 aliphatic heterocycles. The Balaban J connectivity index is 1.66. The van der Waals surface area contributed by atoms with Gasteiger partial charge in [0.2, 0.25) is 0 Å². The van der Waals surface area contributed by atoms with E-state index in [1.54, 1.807) is 0 Å². The molecule has 0 saturated carbocycles. The molecule has 0 heterocycles. The van der Waals surface area contributed by atoms with Crippen LogP contribution < -0.4 is 10.2 Å². The van der Waals surface area contributed by atoms with Crippen LogP contribution in [0.1, 0.15) is 21.5 Å². The number of anilines is 5. The van der Waals surface area contributed by atoms with E-state index in [0.717, 1.165) is 34.7 Å². The average Bonchev–Trinajstić information content (AvgIpc) is 2.78. The van der Waals surface area contributed by atoms with E-state index in [1.165, 1.54) is 11.1 Å². The third-order valence-corrected chi connectivity index (χ3v) is 5.05. The maximum Gasteiger partial charge on any atom is 0.150 e. The van der Waals surface area contributed by atoms with E-state index in [0.29, 0.717) is 5.56 Å². The topological polar surface area (TPSA) is 32.3 Å². The zero-order valence-corrected chi connectivity index (χ0v) is 17.2.